The summed E-state index contributed by atoms with van der Waals surface area (Å²) in [5, 5.41) is 40.2. The Balaban J connectivity index is 0.996. The first kappa shape index (κ1) is 32.1. The molecule has 0 saturated heterocycles. The van der Waals surface area contributed by atoms with Gasteiger partial charge in [-0.1, -0.05) is 60.7 Å². The SMILES string of the molecule is Oc1cccc(CCc2ccc(O)c(Oc3ccc(CCc4ccc(Oc5cc(CCc6cccc(O)c6)ccc5O)cc4)cc3)c2)c1. The molecule has 0 heterocycles. The maximum Gasteiger partial charge on any atom is 0.169 e. The zero-order valence-electron chi connectivity index (χ0n) is 26.5. The van der Waals surface area contributed by atoms with Crippen molar-refractivity contribution in [1.29, 1.82) is 0 Å². The number of rotatable bonds is 13. The maximum atomic E-state index is 10.4. The topological polar surface area (TPSA) is 99.4 Å². The van der Waals surface area contributed by atoms with Crippen molar-refractivity contribution < 1.29 is 29.9 Å². The zero-order valence-corrected chi connectivity index (χ0v) is 26.5. The van der Waals surface area contributed by atoms with Gasteiger partial charge in [0.2, 0.25) is 0 Å². The van der Waals surface area contributed by atoms with E-state index >= 15 is 0 Å². The molecule has 0 aliphatic rings. The standard InChI is InChI=1S/C42H38O6/c43-35-5-1-3-31(25-35)9-11-33-17-23-39(45)41(27-33)47-37-19-13-29(14-20-37)7-8-30-15-21-38(22-16-30)48-42-28-34(18-24-40(42)46)12-10-32-4-2-6-36(44)26-32/h1-6,13-28,43-46H,7-12H2. The molecule has 6 aromatic rings. The van der Waals surface area contributed by atoms with E-state index in [-0.39, 0.29) is 23.0 Å². The summed E-state index contributed by atoms with van der Waals surface area (Å²) in [6.07, 6.45) is 4.74. The van der Waals surface area contributed by atoms with Gasteiger partial charge >= 0.3 is 0 Å². The van der Waals surface area contributed by atoms with Gasteiger partial charge in [0.05, 0.1) is 0 Å². The van der Waals surface area contributed by atoms with E-state index in [0.717, 1.165) is 60.8 Å². The molecule has 242 valence electrons. The van der Waals surface area contributed by atoms with E-state index < -0.39 is 0 Å². The van der Waals surface area contributed by atoms with E-state index in [1.165, 1.54) is 11.1 Å². The summed E-state index contributed by atoms with van der Waals surface area (Å²) in [6, 6.07) is 41.1. The third-order valence-corrected chi connectivity index (χ3v) is 8.28. The minimum absolute atomic E-state index is 0.0838. The summed E-state index contributed by atoms with van der Waals surface area (Å²) in [4.78, 5) is 0. The zero-order chi connectivity index (χ0) is 33.3. The quantitative estimate of drug-likeness (QED) is 0.101. The van der Waals surface area contributed by atoms with Crippen LogP contribution in [0.25, 0.3) is 0 Å². The maximum absolute atomic E-state index is 10.4. The highest BCUT2D eigenvalue weighted by Crippen LogP contribution is 2.34. The third-order valence-electron chi connectivity index (χ3n) is 8.28. The highest BCUT2D eigenvalue weighted by atomic mass is 16.5. The summed E-state index contributed by atoms with van der Waals surface area (Å²) < 4.78 is 12.0. The van der Waals surface area contributed by atoms with Gasteiger partial charge in [0.15, 0.2) is 23.0 Å². The molecule has 0 atom stereocenters. The number of aromatic hydroxyl groups is 4. The Morgan fingerprint density at radius 3 is 1.04 bits per heavy atom. The summed E-state index contributed by atoms with van der Waals surface area (Å²) >= 11 is 0. The smallest absolute Gasteiger partial charge is 0.169 e. The fraction of sp³-hybridized carbons (Fsp3) is 0.143. The first-order chi connectivity index (χ1) is 23.4. The fourth-order valence-electron chi connectivity index (χ4n) is 5.58. The summed E-state index contributed by atoms with van der Waals surface area (Å²) in [5.74, 6) is 2.79. The molecular formula is C42H38O6. The lowest BCUT2D eigenvalue weighted by Crippen LogP contribution is -1.94. The number of phenolic OH excluding ortho intramolecular Hbond substituents is 4. The van der Waals surface area contributed by atoms with Gasteiger partial charge in [0, 0.05) is 0 Å². The van der Waals surface area contributed by atoms with Crippen molar-refractivity contribution in [2.45, 2.75) is 38.5 Å². The molecular weight excluding hydrogens is 600 g/mol. The molecule has 0 unspecified atom stereocenters. The predicted molar refractivity (Wildman–Crippen MR) is 188 cm³/mol. The minimum Gasteiger partial charge on any atom is -0.508 e. The van der Waals surface area contributed by atoms with Crippen molar-refractivity contribution in [3.63, 3.8) is 0 Å². The van der Waals surface area contributed by atoms with Crippen LogP contribution in [0, 0.1) is 0 Å². The fourth-order valence-corrected chi connectivity index (χ4v) is 5.58. The van der Waals surface area contributed by atoms with Crippen LogP contribution in [0.1, 0.15) is 33.4 Å². The van der Waals surface area contributed by atoms with Gasteiger partial charge in [0.25, 0.3) is 0 Å². The molecule has 48 heavy (non-hydrogen) atoms. The van der Waals surface area contributed by atoms with Gasteiger partial charge in [0.1, 0.15) is 23.0 Å². The van der Waals surface area contributed by atoms with Crippen LogP contribution in [-0.2, 0) is 38.5 Å². The number of phenols is 4. The molecule has 0 aliphatic carbocycles. The van der Waals surface area contributed by atoms with Crippen molar-refractivity contribution >= 4 is 0 Å². The molecule has 0 bridgehead atoms. The third kappa shape index (κ3) is 8.89. The van der Waals surface area contributed by atoms with Crippen LogP contribution in [-0.4, -0.2) is 20.4 Å². The lowest BCUT2D eigenvalue weighted by atomic mass is 10.0. The Kier molecular flexibility index (Phi) is 10.1. The molecule has 0 saturated carbocycles. The summed E-state index contributed by atoms with van der Waals surface area (Å²) in [5.41, 5.74) is 6.49. The molecule has 0 fully saturated rings. The molecule has 0 amide bonds. The van der Waals surface area contributed by atoms with Crippen LogP contribution < -0.4 is 9.47 Å². The van der Waals surface area contributed by atoms with Gasteiger partial charge in [-0.3, -0.25) is 0 Å². The van der Waals surface area contributed by atoms with Crippen molar-refractivity contribution in [1.82, 2.24) is 0 Å². The van der Waals surface area contributed by atoms with E-state index in [0.29, 0.717) is 23.0 Å². The highest BCUT2D eigenvalue weighted by Gasteiger charge is 2.09. The normalized spacial score (nSPS) is 10.9. The second kappa shape index (κ2) is 15.1. The predicted octanol–water partition coefficient (Wildman–Crippen LogP) is 9.45. The van der Waals surface area contributed by atoms with Crippen molar-refractivity contribution in [3.05, 3.63) is 167 Å². The molecule has 6 aromatic carbocycles. The molecule has 6 nitrogen and oxygen atoms in total. The molecule has 0 radical (unpaired) electrons. The van der Waals surface area contributed by atoms with Gasteiger partial charge < -0.3 is 29.9 Å². The monoisotopic (exact) mass is 638 g/mol. The van der Waals surface area contributed by atoms with Crippen LogP contribution in [0.5, 0.6) is 46.0 Å². The van der Waals surface area contributed by atoms with Crippen molar-refractivity contribution in [2.75, 3.05) is 0 Å². The number of benzene rings is 6. The van der Waals surface area contributed by atoms with Crippen LogP contribution in [0.4, 0.5) is 0 Å². The molecule has 6 heteroatoms. The second-order valence-electron chi connectivity index (χ2n) is 11.9. The Morgan fingerprint density at radius 1 is 0.333 bits per heavy atom. The second-order valence-corrected chi connectivity index (χ2v) is 11.9. The molecule has 0 aromatic heterocycles. The van der Waals surface area contributed by atoms with Crippen LogP contribution in [0.15, 0.2) is 133 Å². The Bertz CT molecular complexity index is 1820. The van der Waals surface area contributed by atoms with Crippen LogP contribution in [0.3, 0.4) is 0 Å². The number of hydrogen-bond acceptors (Lipinski definition) is 6. The van der Waals surface area contributed by atoms with E-state index in [1.54, 1.807) is 36.4 Å². The van der Waals surface area contributed by atoms with Crippen molar-refractivity contribution in [3.8, 4) is 46.0 Å². The van der Waals surface area contributed by atoms with Crippen molar-refractivity contribution in [2.24, 2.45) is 0 Å². The van der Waals surface area contributed by atoms with E-state index in [1.807, 2.05) is 97.1 Å². The Morgan fingerprint density at radius 2 is 0.667 bits per heavy atom. The van der Waals surface area contributed by atoms with E-state index in [2.05, 4.69) is 0 Å². The van der Waals surface area contributed by atoms with Crippen LogP contribution >= 0.6 is 0 Å². The average molecular weight is 639 g/mol. The lowest BCUT2D eigenvalue weighted by Gasteiger charge is -2.11. The van der Waals surface area contributed by atoms with E-state index in [9.17, 15) is 20.4 Å². The lowest BCUT2D eigenvalue weighted by molar-refractivity contribution is 0.410. The average Bonchev–Trinajstić information content (AvgIpc) is 3.09. The molecule has 6 rings (SSSR count). The summed E-state index contributed by atoms with van der Waals surface area (Å²) in [6.45, 7) is 0. The van der Waals surface area contributed by atoms with Gasteiger partial charge in [-0.2, -0.15) is 0 Å². The number of hydrogen-bond donors (Lipinski definition) is 4. The Labute approximate surface area is 280 Å². The number of aryl methyl sites for hydroxylation is 6. The molecule has 0 spiro atoms. The first-order valence-corrected chi connectivity index (χ1v) is 16.1. The van der Waals surface area contributed by atoms with E-state index in [4.69, 9.17) is 9.47 Å². The highest BCUT2D eigenvalue weighted by molar-refractivity contribution is 5.46. The van der Waals surface area contributed by atoms with Gasteiger partial charge in [-0.05, 0) is 145 Å². The molecule has 4 N–H and O–H groups in total. The van der Waals surface area contributed by atoms with Crippen LogP contribution in [0.2, 0.25) is 0 Å². The number of ether oxygens (including phenoxy) is 2. The minimum atomic E-state index is 0.0838. The molecule has 0 aliphatic heterocycles. The largest absolute Gasteiger partial charge is 0.508 e. The first-order valence-electron chi connectivity index (χ1n) is 16.1. The Hall–Kier alpha value is -5.88. The van der Waals surface area contributed by atoms with Gasteiger partial charge in [-0.25, -0.2) is 0 Å². The van der Waals surface area contributed by atoms with Gasteiger partial charge in [-0.15, -0.1) is 0 Å². The summed E-state index contributed by atoms with van der Waals surface area (Å²) in [7, 11) is 0.